The highest BCUT2D eigenvalue weighted by molar-refractivity contribution is 5.28. The van der Waals surface area contributed by atoms with Crippen LogP contribution in [0.4, 0.5) is 0 Å². The Labute approximate surface area is 55.3 Å². The fraction of sp³-hybridized carbons (Fsp3) is 0.500. The van der Waals surface area contributed by atoms with E-state index in [4.69, 9.17) is 0 Å². The second-order valence-corrected chi connectivity index (χ2v) is 2.83. The Morgan fingerprint density at radius 2 is 1.78 bits per heavy atom. The summed E-state index contributed by atoms with van der Waals surface area (Å²) < 4.78 is 2.16. The topological polar surface area (TPSA) is 4.93 Å². The third kappa shape index (κ3) is 0.680. The van der Waals surface area contributed by atoms with Crippen molar-refractivity contribution in [2.75, 3.05) is 0 Å². The number of nitrogens with zero attached hydrogens (tertiary/aromatic N) is 1. The van der Waals surface area contributed by atoms with Gasteiger partial charge in [-0.1, -0.05) is 0 Å². The van der Waals surface area contributed by atoms with E-state index in [1.807, 2.05) is 0 Å². The molecule has 1 aromatic heterocycles. The largest absolute Gasteiger partial charge is 0.357 e. The highest BCUT2D eigenvalue weighted by Crippen LogP contribution is 2.21. The molecule has 0 N–H and O–H groups in total. The molecule has 0 fully saturated rings. The van der Waals surface area contributed by atoms with Crippen molar-refractivity contribution in [1.82, 2.24) is 4.57 Å². The normalized spacial score (nSPS) is 16.1. The molecule has 0 aromatic carbocycles. The fourth-order valence-corrected chi connectivity index (χ4v) is 1.61. The van der Waals surface area contributed by atoms with Crippen molar-refractivity contribution in [1.29, 1.82) is 0 Å². The molecule has 1 heteroatoms. The lowest BCUT2D eigenvalue weighted by Crippen LogP contribution is -1.81. The number of aryl methyl sites for hydroxylation is 3. The van der Waals surface area contributed by atoms with Gasteiger partial charge in [-0.2, -0.15) is 0 Å². The SMILES string of the molecule is Cn1cc2c(c1)CCC2. The van der Waals surface area contributed by atoms with Crippen molar-refractivity contribution in [3.8, 4) is 0 Å². The van der Waals surface area contributed by atoms with Crippen LogP contribution in [0.2, 0.25) is 0 Å². The molecule has 48 valence electrons. The molecule has 0 atom stereocenters. The minimum absolute atomic E-state index is 1.30. The lowest BCUT2D eigenvalue weighted by atomic mass is 10.2. The minimum atomic E-state index is 1.30. The molecule has 0 saturated carbocycles. The van der Waals surface area contributed by atoms with Crippen LogP contribution in [0.25, 0.3) is 0 Å². The van der Waals surface area contributed by atoms with Crippen molar-refractivity contribution < 1.29 is 0 Å². The smallest absolute Gasteiger partial charge is 0.0106 e. The zero-order valence-corrected chi connectivity index (χ0v) is 5.72. The average molecular weight is 121 g/mol. The standard InChI is InChI=1S/C8H11N/c1-9-5-7-3-2-4-8(7)6-9/h5-6H,2-4H2,1H3. The van der Waals surface area contributed by atoms with Gasteiger partial charge in [0.25, 0.3) is 0 Å². The third-order valence-electron chi connectivity index (χ3n) is 2.02. The molecule has 2 rings (SSSR count). The van der Waals surface area contributed by atoms with Gasteiger partial charge in [0.15, 0.2) is 0 Å². The summed E-state index contributed by atoms with van der Waals surface area (Å²) >= 11 is 0. The average Bonchev–Trinajstić information content (AvgIpc) is 2.22. The molecular formula is C8H11N. The molecule has 0 radical (unpaired) electrons. The van der Waals surface area contributed by atoms with E-state index in [1.54, 1.807) is 11.1 Å². The van der Waals surface area contributed by atoms with E-state index < -0.39 is 0 Å². The van der Waals surface area contributed by atoms with E-state index in [-0.39, 0.29) is 0 Å². The molecule has 1 heterocycles. The maximum absolute atomic E-state index is 2.24. The molecule has 1 nitrogen and oxygen atoms in total. The molecule has 1 aliphatic carbocycles. The number of hydrogen-bond acceptors (Lipinski definition) is 0. The molecule has 1 aromatic rings. The highest BCUT2D eigenvalue weighted by atomic mass is 14.9. The van der Waals surface area contributed by atoms with Crippen LogP contribution in [0, 0.1) is 0 Å². The summed E-state index contributed by atoms with van der Waals surface area (Å²) in [5, 5.41) is 0. The van der Waals surface area contributed by atoms with Crippen LogP contribution in [0.5, 0.6) is 0 Å². The first kappa shape index (κ1) is 5.10. The van der Waals surface area contributed by atoms with Crippen LogP contribution in [-0.2, 0) is 19.9 Å². The van der Waals surface area contributed by atoms with Gasteiger partial charge < -0.3 is 4.57 Å². The van der Waals surface area contributed by atoms with E-state index in [0.717, 1.165) is 0 Å². The molecule has 0 unspecified atom stereocenters. The van der Waals surface area contributed by atoms with Crippen LogP contribution in [0.15, 0.2) is 12.4 Å². The molecule has 0 aliphatic heterocycles. The maximum Gasteiger partial charge on any atom is 0.0106 e. The molecule has 1 aliphatic rings. The van der Waals surface area contributed by atoms with Crippen molar-refractivity contribution in [3.05, 3.63) is 23.5 Å². The second-order valence-electron chi connectivity index (χ2n) is 2.83. The van der Waals surface area contributed by atoms with Gasteiger partial charge in [0, 0.05) is 19.4 Å². The zero-order valence-electron chi connectivity index (χ0n) is 5.72. The van der Waals surface area contributed by atoms with Crippen LogP contribution < -0.4 is 0 Å². The first-order valence-electron chi connectivity index (χ1n) is 3.50. The Kier molecular flexibility index (Phi) is 0.922. The van der Waals surface area contributed by atoms with Crippen molar-refractivity contribution in [2.45, 2.75) is 19.3 Å². The Bertz CT molecular complexity index is 201. The number of aromatic nitrogens is 1. The van der Waals surface area contributed by atoms with Gasteiger partial charge in [-0.25, -0.2) is 0 Å². The van der Waals surface area contributed by atoms with E-state index in [9.17, 15) is 0 Å². The third-order valence-corrected chi connectivity index (χ3v) is 2.02. The summed E-state index contributed by atoms with van der Waals surface area (Å²) in [6, 6.07) is 0. The van der Waals surface area contributed by atoms with Crippen molar-refractivity contribution in [3.63, 3.8) is 0 Å². The minimum Gasteiger partial charge on any atom is -0.357 e. The number of fused-ring (bicyclic) bond motifs is 1. The fourth-order valence-electron chi connectivity index (χ4n) is 1.61. The quantitative estimate of drug-likeness (QED) is 0.490. The Morgan fingerprint density at radius 3 is 2.33 bits per heavy atom. The second kappa shape index (κ2) is 1.63. The van der Waals surface area contributed by atoms with Gasteiger partial charge in [-0.15, -0.1) is 0 Å². The Balaban J connectivity index is 2.51. The van der Waals surface area contributed by atoms with Crippen LogP contribution in [0.3, 0.4) is 0 Å². The van der Waals surface area contributed by atoms with Gasteiger partial charge in [0.05, 0.1) is 0 Å². The summed E-state index contributed by atoms with van der Waals surface area (Å²) in [5.41, 5.74) is 3.13. The number of rotatable bonds is 0. The van der Waals surface area contributed by atoms with Gasteiger partial charge >= 0.3 is 0 Å². The molecule has 0 bridgehead atoms. The maximum atomic E-state index is 2.24. The van der Waals surface area contributed by atoms with E-state index in [0.29, 0.717) is 0 Å². The summed E-state index contributed by atoms with van der Waals surface area (Å²) in [4.78, 5) is 0. The summed E-state index contributed by atoms with van der Waals surface area (Å²) in [5.74, 6) is 0. The molecule has 0 spiro atoms. The zero-order chi connectivity index (χ0) is 6.27. The summed E-state index contributed by atoms with van der Waals surface area (Å²) in [6.45, 7) is 0. The highest BCUT2D eigenvalue weighted by Gasteiger charge is 2.10. The van der Waals surface area contributed by atoms with Crippen LogP contribution >= 0.6 is 0 Å². The first-order chi connectivity index (χ1) is 4.36. The lowest BCUT2D eigenvalue weighted by molar-refractivity contribution is 0.855. The van der Waals surface area contributed by atoms with Crippen LogP contribution in [-0.4, -0.2) is 4.57 Å². The molecule has 9 heavy (non-hydrogen) atoms. The Hall–Kier alpha value is -0.720. The van der Waals surface area contributed by atoms with Gasteiger partial charge in [-0.3, -0.25) is 0 Å². The monoisotopic (exact) mass is 121 g/mol. The van der Waals surface area contributed by atoms with E-state index in [1.165, 1.54) is 19.3 Å². The van der Waals surface area contributed by atoms with Crippen LogP contribution in [0.1, 0.15) is 17.5 Å². The first-order valence-corrected chi connectivity index (χ1v) is 3.50. The Morgan fingerprint density at radius 1 is 1.22 bits per heavy atom. The van der Waals surface area contributed by atoms with E-state index >= 15 is 0 Å². The predicted molar refractivity (Wildman–Crippen MR) is 37.4 cm³/mol. The van der Waals surface area contributed by atoms with Crippen molar-refractivity contribution >= 4 is 0 Å². The summed E-state index contributed by atoms with van der Waals surface area (Å²) in [6.07, 6.45) is 8.45. The van der Waals surface area contributed by atoms with Gasteiger partial charge in [0.1, 0.15) is 0 Å². The van der Waals surface area contributed by atoms with E-state index in [2.05, 4.69) is 24.0 Å². The molecule has 0 amide bonds. The predicted octanol–water partition coefficient (Wildman–Crippen LogP) is 1.51. The summed E-state index contributed by atoms with van der Waals surface area (Å²) in [7, 11) is 2.10. The molecular weight excluding hydrogens is 110 g/mol. The number of hydrogen-bond donors (Lipinski definition) is 0. The molecule has 0 saturated heterocycles. The lowest BCUT2D eigenvalue weighted by Gasteiger charge is -1.87. The van der Waals surface area contributed by atoms with Crippen molar-refractivity contribution in [2.24, 2.45) is 7.05 Å². The van der Waals surface area contributed by atoms with Gasteiger partial charge in [0.2, 0.25) is 0 Å². The van der Waals surface area contributed by atoms with Gasteiger partial charge in [-0.05, 0) is 30.4 Å².